The summed E-state index contributed by atoms with van der Waals surface area (Å²) in [5.41, 5.74) is 19.4. The lowest BCUT2D eigenvalue weighted by Gasteiger charge is -2.49. The van der Waals surface area contributed by atoms with E-state index in [-0.39, 0.29) is 11.0 Å². The van der Waals surface area contributed by atoms with Crippen LogP contribution in [-0.4, -0.2) is 5.54 Å². The SMILES string of the molecule is CC1C=Cc2sc3cc(N(c4ccc5cc6c(cc5c4)oc4ccccc46)c4ccc5ccc(N(C6=CC(C)C7C=C8C(=CC7C6)c6ccccc68)C6(C)C=Cc7c(sc8ccccc78)C6)c6c5c4C(C)(C)CC6)ccc3c2C1. The van der Waals surface area contributed by atoms with Crippen molar-refractivity contribution in [2.75, 3.05) is 9.80 Å². The van der Waals surface area contributed by atoms with Gasteiger partial charge in [-0.05, 0) is 205 Å². The van der Waals surface area contributed by atoms with Crippen molar-refractivity contribution >= 4 is 132 Å². The molecule has 0 amide bonds. The number of para-hydroxylation sites is 1. The highest BCUT2D eigenvalue weighted by Crippen LogP contribution is 2.57. The van der Waals surface area contributed by atoms with Gasteiger partial charge in [0.15, 0.2) is 0 Å². The molecule has 3 aromatic heterocycles. The lowest BCUT2D eigenvalue weighted by atomic mass is 9.64. The van der Waals surface area contributed by atoms with Crippen LogP contribution in [0.15, 0.2) is 186 Å². The Morgan fingerprint density at radius 3 is 2.23 bits per heavy atom. The molecule has 6 aliphatic rings. The molecule has 0 bridgehead atoms. The predicted octanol–water partition coefficient (Wildman–Crippen LogP) is 20.7. The van der Waals surface area contributed by atoms with Gasteiger partial charge in [-0.2, -0.15) is 0 Å². The molecule has 11 aromatic rings. The maximum atomic E-state index is 6.54. The van der Waals surface area contributed by atoms with Crippen LogP contribution < -0.4 is 9.80 Å². The van der Waals surface area contributed by atoms with E-state index < -0.39 is 0 Å². The van der Waals surface area contributed by atoms with Crippen molar-refractivity contribution in [3.05, 3.63) is 225 Å². The zero-order valence-corrected chi connectivity index (χ0v) is 47.0. The molecule has 8 aromatic carbocycles. The summed E-state index contributed by atoms with van der Waals surface area (Å²) in [6.45, 7) is 12.4. The van der Waals surface area contributed by atoms with Crippen LogP contribution in [0, 0.1) is 23.7 Å². The van der Waals surface area contributed by atoms with Gasteiger partial charge in [0.1, 0.15) is 11.2 Å². The van der Waals surface area contributed by atoms with Crippen LogP contribution >= 0.6 is 22.7 Å². The molecule has 0 saturated carbocycles. The largest absolute Gasteiger partial charge is 0.456 e. The molecular formula is C74H60N2OS2. The van der Waals surface area contributed by atoms with Gasteiger partial charge in [-0.25, -0.2) is 0 Å². The second kappa shape index (κ2) is 16.7. The van der Waals surface area contributed by atoms with E-state index in [1.807, 2.05) is 22.7 Å². The van der Waals surface area contributed by atoms with Gasteiger partial charge in [-0.3, -0.25) is 0 Å². The van der Waals surface area contributed by atoms with Crippen molar-refractivity contribution in [3.8, 4) is 0 Å². The average Bonchev–Trinajstić information content (AvgIpc) is 4.29. The quantitative estimate of drug-likeness (QED) is 0.165. The number of hydrogen-bond acceptors (Lipinski definition) is 5. The fraction of sp³-hybridized carbons (Fsp3) is 0.216. The van der Waals surface area contributed by atoms with Gasteiger partial charge in [0.05, 0.1) is 11.2 Å². The number of anilines is 4. The number of nitrogens with zero attached hydrogens (tertiary/aromatic N) is 2. The summed E-state index contributed by atoms with van der Waals surface area (Å²) in [4.78, 5) is 8.35. The molecule has 0 spiro atoms. The molecule has 0 saturated heterocycles. The van der Waals surface area contributed by atoms with Crippen molar-refractivity contribution in [3.63, 3.8) is 0 Å². The molecule has 6 aliphatic carbocycles. The van der Waals surface area contributed by atoms with Gasteiger partial charge >= 0.3 is 0 Å². The molecule has 3 nitrogen and oxygen atoms in total. The number of thiophene rings is 2. The van der Waals surface area contributed by atoms with Crippen LogP contribution in [0.4, 0.5) is 22.7 Å². The van der Waals surface area contributed by atoms with Gasteiger partial charge in [-0.1, -0.05) is 149 Å². The van der Waals surface area contributed by atoms with Crippen molar-refractivity contribution in [1.82, 2.24) is 0 Å². The third-order valence-electron chi connectivity index (χ3n) is 19.3. The van der Waals surface area contributed by atoms with E-state index in [2.05, 4.69) is 233 Å². The third-order valence-corrected chi connectivity index (χ3v) is 21.7. The van der Waals surface area contributed by atoms with Crippen molar-refractivity contribution in [2.24, 2.45) is 23.7 Å². The predicted molar refractivity (Wildman–Crippen MR) is 339 cm³/mol. The smallest absolute Gasteiger partial charge is 0.136 e. The van der Waals surface area contributed by atoms with Gasteiger partial charge < -0.3 is 14.2 Å². The van der Waals surface area contributed by atoms with Crippen molar-refractivity contribution in [1.29, 1.82) is 0 Å². The van der Waals surface area contributed by atoms with Crippen LogP contribution in [-0.2, 0) is 24.7 Å². The molecule has 79 heavy (non-hydrogen) atoms. The van der Waals surface area contributed by atoms with Gasteiger partial charge in [-0.15, -0.1) is 22.7 Å². The molecule has 0 N–H and O–H groups in total. The van der Waals surface area contributed by atoms with Crippen LogP contribution in [0.1, 0.15) is 90.6 Å². The summed E-state index contributed by atoms with van der Waals surface area (Å²) in [7, 11) is 0. The molecule has 5 atom stereocenters. The van der Waals surface area contributed by atoms with Crippen LogP contribution in [0.5, 0.6) is 0 Å². The number of benzene rings is 8. The maximum absolute atomic E-state index is 6.54. The summed E-state index contributed by atoms with van der Waals surface area (Å²) in [5, 5.41) is 10.2. The van der Waals surface area contributed by atoms with Crippen molar-refractivity contribution < 1.29 is 4.42 Å². The van der Waals surface area contributed by atoms with Crippen LogP contribution in [0.2, 0.25) is 0 Å². The number of aryl methyl sites for hydroxylation is 1. The summed E-state index contributed by atoms with van der Waals surface area (Å²) in [5.74, 6) is 1.81. The Labute approximate surface area is 469 Å². The van der Waals surface area contributed by atoms with E-state index in [4.69, 9.17) is 4.42 Å². The number of allylic oxidation sites excluding steroid dienone is 7. The Morgan fingerprint density at radius 1 is 0.595 bits per heavy atom. The van der Waals surface area contributed by atoms with E-state index in [0.29, 0.717) is 23.7 Å². The van der Waals surface area contributed by atoms with E-state index in [0.717, 1.165) is 59.7 Å². The highest BCUT2D eigenvalue weighted by atomic mass is 32.1. The Balaban J connectivity index is 0.871. The fourth-order valence-electron chi connectivity index (χ4n) is 15.5. The summed E-state index contributed by atoms with van der Waals surface area (Å²) in [6.07, 6.45) is 22.9. The normalized spacial score (nSPS) is 22.3. The lowest BCUT2D eigenvalue weighted by molar-refractivity contribution is 0.352. The molecule has 3 heterocycles. The molecule has 0 aliphatic heterocycles. The molecule has 5 unspecified atom stereocenters. The topological polar surface area (TPSA) is 19.6 Å². The molecule has 384 valence electrons. The number of rotatable bonds is 6. The molecule has 17 rings (SSSR count). The Bertz CT molecular complexity index is 4660. The second-order valence-electron chi connectivity index (χ2n) is 24.8. The van der Waals surface area contributed by atoms with Gasteiger partial charge in [0.2, 0.25) is 0 Å². The van der Waals surface area contributed by atoms with E-state index in [1.165, 1.54) is 119 Å². The number of furan rings is 1. The molecule has 5 heteroatoms. The highest BCUT2D eigenvalue weighted by molar-refractivity contribution is 7.20. The molecule has 0 radical (unpaired) electrons. The Hall–Kier alpha value is -7.70. The third kappa shape index (κ3) is 6.82. The van der Waals surface area contributed by atoms with Gasteiger partial charge in [0.25, 0.3) is 0 Å². The van der Waals surface area contributed by atoms with Crippen molar-refractivity contribution in [2.45, 2.75) is 77.7 Å². The summed E-state index contributed by atoms with van der Waals surface area (Å²) in [6, 6.07) is 55.3. The van der Waals surface area contributed by atoms with E-state index in [1.54, 1.807) is 0 Å². The molecular weight excluding hydrogens is 997 g/mol. The Morgan fingerprint density at radius 2 is 1.35 bits per heavy atom. The highest BCUT2D eigenvalue weighted by Gasteiger charge is 2.44. The minimum absolute atomic E-state index is 0.127. The lowest BCUT2D eigenvalue weighted by Crippen LogP contribution is -2.49. The number of hydrogen-bond donors (Lipinski definition) is 0. The minimum atomic E-state index is -0.308. The average molecular weight is 1060 g/mol. The standard InChI is InChI=1S/C74H60N2OS2/c1-42-18-27-68-62(32-42)55-24-23-49(39-69(55)78-68)75(48-22-19-45-36-61-53-14-8-10-16-65(53)77-66(61)38-46(45)34-48)64-26-21-44-20-25-63(57-28-30-73(3,4)72(64)71(44)57)76(74(5)31-29-56-54-15-9-11-17-67(54)79-70(56)41-74)50-33-43(2)58-40-60-52-13-7-6-12-51(52)59(60)37-47(58)35-50/h6-27,29,31,33-34,36-40,42-43,47,58H,28,30,32,35,41H2,1-5H3. The zero-order valence-electron chi connectivity index (χ0n) is 45.4. The fourth-order valence-corrected chi connectivity index (χ4v) is 18.0. The molecule has 0 fully saturated rings. The Kier molecular flexibility index (Phi) is 9.76. The van der Waals surface area contributed by atoms with Crippen LogP contribution in [0.25, 0.3) is 87.0 Å². The minimum Gasteiger partial charge on any atom is -0.456 e. The first kappa shape index (κ1) is 46.2. The first-order valence-electron chi connectivity index (χ1n) is 28.7. The zero-order chi connectivity index (χ0) is 52.6. The van der Waals surface area contributed by atoms with Gasteiger partial charge in [0, 0.05) is 59.1 Å². The maximum Gasteiger partial charge on any atom is 0.136 e. The number of fused-ring (bicyclic) bond motifs is 15. The summed E-state index contributed by atoms with van der Waals surface area (Å²) < 4.78 is 9.26. The first-order valence-corrected chi connectivity index (χ1v) is 30.4. The van der Waals surface area contributed by atoms with Crippen LogP contribution in [0.3, 0.4) is 0 Å². The second-order valence-corrected chi connectivity index (χ2v) is 27.0. The monoisotopic (exact) mass is 1060 g/mol. The first-order chi connectivity index (χ1) is 38.5. The van der Waals surface area contributed by atoms with E-state index >= 15 is 0 Å². The van der Waals surface area contributed by atoms with E-state index in [9.17, 15) is 0 Å². The summed E-state index contributed by atoms with van der Waals surface area (Å²) >= 11 is 3.93.